The number of nitrogens with zero attached hydrogens (tertiary/aromatic N) is 4. The van der Waals surface area contributed by atoms with Gasteiger partial charge < -0.3 is 0 Å². The highest BCUT2D eigenvalue weighted by Crippen LogP contribution is 2.29. The number of benzene rings is 2. The molecule has 2 aliphatic heterocycles. The molecule has 0 spiro atoms. The number of fused-ring (bicyclic) bond motifs is 1. The molecule has 1 fully saturated rings. The van der Waals surface area contributed by atoms with Crippen LogP contribution >= 0.6 is 0 Å². The third kappa shape index (κ3) is 4.55. The number of hydrogen-bond donors (Lipinski definition) is 0. The summed E-state index contributed by atoms with van der Waals surface area (Å²) in [6, 6.07) is 14.9. The first-order valence-electron chi connectivity index (χ1n) is 10.2. The Kier molecular flexibility index (Phi) is 6.21. The quantitative estimate of drug-likeness (QED) is 0.644. The van der Waals surface area contributed by atoms with Gasteiger partial charge in [0.15, 0.2) is 0 Å². The Morgan fingerprint density at radius 3 is 2.00 bits per heavy atom. The Morgan fingerprint density at radius 1 is 0.806 bits per heavy atom. The Morgan fingerprint density at radius 2 is 1.42 bits per heavy atom. The van der Waals surface area contributed by atoms with Gasteiger partial charge in [-0.1, -0.05) is 36.4 Å². The minimum atomic E-state index is -3.59. The largest absolute Gasteiger partial charge is 0.296 e. The molecule has 0 radical (unpaired) electrons. The molecular weight excluding hydrogens is 436 g/mol. The predicted octanol–water partition coefficient (Wildman–Crippen LogP) is 1.32. The van der Waals surface area contributed by atoms with Crippen molar-refractivity contribution < 1.29 is 16.8 Å². The van der Waals surface area contributed by atoms with Gasteiger partial charge in [-0.25, -0.2) is 8.42 Å². The highest BCUT2D eigenvalue weighted by atomic mass is 32.2. The van der Waals surface area contributed by atoms with E-state index in [1.54, 1.807) is 18.2 Å². The maximum Gasteiger partial charge on any atom is 0.281 e. The Labute approximate surface area is 184 Å². The average molecular weight is 465 g/mol. The lowest BCUT2D eigenvalue weighted by Crippen LogP contribution is -2.51. The normalized spacial score (nSPS) is 19.1. The van der Waals surface area contributed by atoms with E-state index < -0.39 is 20.2 Å². The molecule has 2 aliphatic rings. The van der Waals surface area contributed by atoms with Crippen LogP contribution in [-0.4, -0.2) is 74.9 Å². The van der Waals surface area contributed by atoms with Crippen molar-refractivity contribution in [1.82, 2.24) is 17.8 Å². The summed E-state index contributed by atoms with van der Waals surface area (Å²) >= 11 is 0. The zero-order valence-corrected chi connectivity index (χ0v) is 19.4. The third-order valence-corrected chi connectivity index (χ3v) is 9.60. The van der Waals surface area contributed by atoms with Gasteiger partial charge >= 0.3 is 0 Å². The highest BCUT2D eigenvalue weighted by Gasteiger charge is 2.31. The van der Waals surface area contributed by atoms with Gasteiger partial charge in [0.2, 0.25) is 10.0 Å². The average Bonchev–Trinajstić information content (AvgIpc) is 3.19. The Hall–Kier alpha value is -1.82. The van der Waals surface area contributed by atoms with Crippen LogP contribution < -0.4 is 0 Å². The van der Waals surface area contributed by atoms with Crippen LogP contribution in [-0.2, 0) is 39.9 Å². The van der Waals surface area contributed by atoms with Crippen molar-refractivity contribution in [2.24, 2.45) is 0 Å². The molecule has 2 heterocycles. The molecule has 0 bridgehead atoms. The first kappa shape index (κ1) is 22.4. The second-order valence-electron chi connectivity index (χ2n) is 8.15. The lowest BCUT2D eigenvalue weighted by atomic mass is 10.1. The molecule has 4 rings (SSSR count). The van der Waals surface area contributed by atoms with Gasteiger partial charge in [-0.2, -0.15) is 21.3 Å². The predicted molar refractivity (Wildman–Crippen MR) is 119 cm³/mol. The van der Waals surface area contributed by atoms with Crippen LogP contribution in [0, 0.1) is 0 Å². The maximum atomic E-state index is 13.2. The van der Waals surface area contributed by atoms with E-state index in [1.807, 2.05) is 30.3 Å². The van der Waals surface area contributed by atoms with Gasteiger partial charge in [-0.05, 0) is 28.8 Å². The summed E-state index contributed by atoms with van der Waals surface area (Å²) in [5.41, 5.74) is 3.00. The van der Waals surface area contributed by atoms with Crippen molar-refractivity contribution in [2.45, 2.75) is 24.5 Å². The number of hydrogen-bond acceptors (Lipinski definition) is 5. The molecule has 0 unspecified atom stereocenters. The minimum Gasteiger partial charge on any atom is -0.296 e. The fraction of sp³-hybridized carbons (Fsp3) is 0.429. The van der Waals surface area contributed by atoms with Gasteiger partial charge in [-0.15, -0.1) is 0 Å². The van der Waals surface area contributed by atoms with Gasteiger partial charge in [0.1, 0.15) is 0 Å². The summed E-state index contributed by atoms with van der Waals surface area (Å²) in [5.74, 6) is 0. The van der Waals surface area contributed by atoms with Gasteiger partial charge in [-0.3, -0.25) is 4.90 Å². The zero-order valence-electron chi connectivity index (χ0n) is 17.8. The second-order valence-corrected chi connectivity index (χ2v) is 12.2. The van der Waals surface area contributed by atoms with E-state index in [-0.39, 0.29) is 0 Å². The molecular formula is C21H28N4O4S2. The second kappa shape index (κ2) is 8.61. The van der Waals surface area contributed by atoms with Gasteiger partial charge in [0.25, 0.3) is 10.2 Å². The fourth-order valence-corrected chi connectivity index (χ4v) is 6.59. The van der Waals surface area contributed by atoms with Crippen LogP contribution in [0.25, 0.3) is 0 Å². The van der Waals surface area contributed by atoms with Crippen LogP contribution in [0.2, 0.25) is 0 Å². The van der Waals surface area contributed by atoms with Crippen LogP contribution in [0.1, 0.15) is 16.7 Å². The summed E-state index contributed by atoms with van der Waals surface area (Å²) in [6.45, 7) is 3.42. The molecule has 0 atom stereocenters. The molecule has 0 aromatic heterocycles. The zero-order chi connectivity index (χ0) is 22.2. The molecule has 0 aliphatic carbocycles. The van der Waals surface area contributed by atoms with E-state index in [2.05, 4.69) is 4.90 Å². The molecule has 10 heteroatoms. The fourth-order valence-electron chi connectivity index (χ4n) is 4.03. The lowest BCUT2D eigenvalue weighted by Gasteiger charge is -2.35. The summed E-state index contributed by atoms with van der Waals surface area (Å²) in [7, 11) is -3.92. The van der Waals surface area contributed by atoms with E-state index in [0.717, 1.165) is 16.7 Å². The van der Waals surface area contributed by atoms with E-state index in [9.17, 15) is 16.8 Å². The molecule has 8 nitrogen and oxygen atoms in total. The number of rotatable bonds is 6. The monoisotopic (exact) mass is 464 g/mol. The minimum absolute atomic E-state index is 0.298. The molecule has 31 heavy (non-hydrogen) atoms. The van der Waals surface area contributed by atoms with Crippen LogP contribution in [0.15, 0.2) is 53.4 Å². The highest BCUT2D eigenvalue weighted by molar-refractivity contribution is 7.89. The molecule has 0 N–H and O–H groups in total. The standard InChI is InChI=1S/C21H28N4O4S2/c1-22(2)31(28,29)24-12-10-23(11-13-24)15-18-6-5-9-21(14-18)30(26,27)25-16-19-7-3-4-8-20(19)17-25/h3-9,14H,10-13,15-17H2,1-2H3. The van der Waals surface area contributed by atoms with Crippen LogP contribution in [0.4, 0.5) is 0 Å². The number of piperazine rings is 1. The molecule has 0 amide bonds. The summed E-state index contributed by atoms with van der Waals surface area (Å²) in [4.78, 5) is 2.45. The third-order valence-electron chi connectivity index (χ3n) is 5.87. The molecule has 2 aromatic rings. The van der Waals surface area contributed by atoms with Crippen molar-refractivity contribution in [3.05, 3.63) is 65.2 Å². The van der Waals surface area contributed by atoms with Crippen LogP contribution in [0.3, 0.4) is 0 Å². The molecule has 0 saturated carbocycles. The van der Waals surface area contributed by atoms with E-state index in [4.69, 9.17) is 0 Å². The summed E-state index contributed by atoms with van der Waals surface area (Å²) in [5, 5.41) is 0. The van der Waals surface area contributed by atoms with E-state index in [0.29, 0.717) is 50.7 Å². The molecule has 168 valence electrons. The molecule has 2 aromatic carbocycles. The lowest BCUT2D eigenvalue weighted by molar-refractivity contribution is 0.177. The smallest absolute Gasteiger partial charge is 0.281 e. The summed E-state index contributed by atoms with van der Waals surface area (Å²) < 4.78 is 55.2. The van der Waals surface area contributed by atoms with Crippen molar-refractivity contribution in [2.75, 3.05) is 40.3 Å². The topological polar surface area (TPSA) is 81.2 Å². The van der Waals surface area contributed by atoms with E-state index in [1.165, 1.54) is 27.0 Å². The number of sulfonamides is 1. The Bertz CT molecular complexity index is 1130. The van der Waals surface area contributed by atoms with Crippen molar-refractivity contribution in [3.8, 4) is 0 Å². The van der Waals surface area contributed by atoms with Crippen molar-refractivity contribution in [1.29, 1.82) is 0 Å². The molecule has 1 saturated heterocycles. The van der Waals surface area contributed by atoms with Crippen molar-refractivity contribution >= 4 is 20.2 Å². The van der Waals surface area contributed by atoms with Crippen molar-refractivity contribution in [3.63, 3.8) is 0 Å². The van der Waals surface area contributed by atoms with Gasteiger partial charge in [0, 0.05) is 59.9 Å². The first-order valence-corrected chi connectivity index (χ1v) is 13.1. The maximum absolute atomic E-state index is 13.2. The van der Waals surface area contributed by atoms with Crippen LogP contribution in [0.5, 0.6) is 0 Å². The SMILES string of the molecule is CN(C)S(=O)(=O)N1CCN(Cc2cccc(S(=O)(=O)N3Cc4ccccc4C3)c2)CC1. The first-order chi connectivity index (χ1) is 14.7. The van der Waals surface area contributed by atoms with E-state index >= 15 is 0 Å². The summed E-state index contributed by atoms with van der Waals surface area (Å²) in [6.07, 6.45) is 0. The Balaban J connectivity index is 1.43. The van der Waals surface area contributed by atoms with Gasteiger partial charge in [0.05, 0.1) is 4.90 Å².